The number of aliphatic hydroxyl groups excluding tert-OH is 1. The van der Waals surface area contributed by atoms with Gasteiger partial charge in [0.25, 0.3) is 5.91 Å². The molecule has 116 valence electrons. The van der Waals surface area contributed by atoms with Crippen molar-refractivity contribution in [2.45, 2.75) is 13.8 Å². The topological polar surface area (TPSA) is 57.6 Å². The van der Waals surface area contributed by atoms with E-state index < -0.39 is 23.4 Å². The molecule has 0 saturated heterocycles. The third-order valence-corrected chi connectivity index (χ3v) is 3.92. The summed E-state index contributed by atoms with van der Waals surface area (Å²) in [5.74, 6) is -2.71. The highest BCUT2D eigenvalue weighted by atomic mass is 19.1. The summed E-state index contributed by atoms with van der Waals surface area (Å²) in [5, 5.41) is 10.1. The average Bonchev–Trinajstić information content (AvgIpc) is 2.72. The molecule has 1 heterocycles. The van der Waals surface area contributed by atoms with Gasteiger partial charge in [0, 0.05) is 0 Å². The lowest BCUT2D eigenvalue weighted by atomic mass is 10.00. The highest BCUT2D eigenvalue weighted by molar-refractivity contribution is 6.44. The van der Waals surface area contributed by atoms with Gasteiger partial charge in [0.2, 0.25) is 0 Å². The minimum Gasteiger partial charge on any atom is -0.502 e. The summed E-state index contributed by atoms with van der Waals surface area (Å²) >= 11 is 0. The second-order valence-corrected chi connectivity index (χ2v) is 5.45. The Kier molecular flexibility index (Phi) is 3.48. The fraction of sp³-hybridized carbons (Fsp3) is 0.111. The molecule has 5 heteroatoms. The first-order valence-electron chi connectivity index (χ1n) is 7.05. The van der Waals surface area contributed by atoms with Crippen LogP contribution < -0.4 is 4.90 Å². The third kappa shape index (κ3) is 2.40. The van der Waals surface area contributed by atoms with E-state index >= 15 is 0 Å². The van der Waals surface area contributed by atoms with Gasteiger partial charge in [-0.3, -0.25) is 9.59 Å². The minimum atomic E-state index is -0.853. The summed E-state index contributed by atoms with van der Waals surface area (Å²) in [6, 6.07) is 10.4. The molecule has 2 amide bonds. The Balaban J connectivity index is 2.07. The van der Waals surface area contributed by atoms with Crippen LogP contribution in [0.5, 0.6) is 0 Å². The number of nitrogens with zero attached hydrogens (tertiary/aromatic N) is 1. The summed E-state index contributed by atoms with van der Waals surface area (Å²) < 4.78 is 13.4. The fourth-order valence-electron chi connectivity index (χ4n) is 2.52. The Morgan fingerprint density at radius 1 is 0.957 bits per heavy atom. The molecule has 2 aromatic rings. The van der Waals surface area contributed by atoms with E-state index in [-0.39, 0.29) is 11.3 Å². The molecule has 3 rings (SSSR count). The van der Waals surface area contributed by atoms with Crippen LogP contribution in [0.25, 0.3) is 5.57 Å². The number of amides is 2. The first-order valence-corrected chi connectivity index (χ1v) is 7.05. The Morgan fingerprint density at radius 3 is 2.35 bits per heavy atom. The Hall–Kier alpha value is -2.95. The fourth-order valence-corrected chi connectivity index (χ4v) is 2.52. The normalized spacial score (nSPS) is 14.8. The molecule has 0 bridgehead atoms. The zero-order chi connectivity index (χ0) is 16.7. The quantitative estimate of drug-likeness (QED) is 0.866. The largest absolute Gasteiger partial charge is 0.502 e. The standard InChI is InChI=1S/C18H14FNO3/c1-10-6-7-12(8-11(10)2)15-16(21)18(23)20(17(15)22)14-5-3-4-13(19)9-14/h3-9,21H,1-2H3. The van der Waals surface area contributed by atoms with Gasteiger partial charge in [-0.05, 0) is 48.7 Å². The number of aliphatic hydroxyl groups is 1. The maximum Gasteiger partial charge on any atom is 0.301 e. The lowest BCUT2D eigenvalue weighted by Gasteiger charge is -2.14. The van der Waals surface area contributed by atoms with Crippen molar-refractivity contribution in [1.82, 2.24) is 0 Å². The highest BCUT2D eigenvalue weighted by Gasteiger charge is 2.40. The van der Waals surface area contributed by atoms with Gasteiger partial charge < -0.3 is 5.11 Å². The average molecular weight is 311 g/mol. The van der Waals surface area contributed by atoms with Gasteiger partial charge in [-0.25, -0.2) is 9.29 Å². The number of anilines is 1. The number of carbonyl (C=O) groups is 2. The van der Waals surface area contributed by atoms with Gasteiger partial charge >= 0.3 is 5.91 Å². The third-order valence-electron chi connectivity index (χ3n) is 3.92. The zero-order valence-corrected chi connectivity index (χ0v) is 12.6. The summed E-state index contributed by atoms with van der Waals surface area (Å²) in [6.45, 7) is 3.80. The van der Waals surface area contributed by atoms with E-state index in [0.717, 1.165) is 22.1 Å². The number of benzene rings is 2. The second-order valence-electron chi connectivity index (χ2n) is 5.45. The second kappa shape index (κ2) is 5.35. The first-order chi connectivity index (χ1) is 10.9. The summed E-state index contributed by atoms with van der Waals surface area (Å²) in [5.41, 5.74) is 2.45. The van der Waals surface area contributed by atoms with E-state index in [0.29, 0.717) is 5.56 Å². The van der Waals surface area contributed by atoms with Crippen molar-refractivity contribution in [1.29, 1.82) is 0 Å². The maximum atomic E-state index is 13.4. The van der Waals surface area contributed by atoms with E-state index in [1.54, 1.807) is 12.1 Å². The van der Waals surface area contributed by atoms with Crippen LogP contribution in [0.4, 0.5) is 10.1 Å². The van der Waals surface area contributed by atoms with E-state index in [1.807, 2.05) is 19.9 Å². The van der Waals surface area contributed by atoms with E-state index in [4.69, 9.17) is 0 Å². The van der Waals surface area contributed by atoms with E-state index in [2.05, 4.69) is 0 Å². The summed E-state index contributed by atoms with van der Waals surface area (Å²) in [4.78, 5) is 25.6. The number of hydrogen-bond acceptors (Lipinski definition) is 3. The first kappa shape index (κ1) is 15.0. The zero-order valence-electron chi connectivity index (χ0n) is 12.6. The molecular formula is C18H14FNO3. The van der Waals surface area contributed by atoms with Gasteiger partial charge in [0.15, 0.2) is 5.76 Å². The van der Waals surface area contributed by atoms with Crippen LogP contribution in [0.2, 0.25) is 0 Å². The van der Waals surface area contributed by atoms with Crippen molar-refractivity contribution in [3.05, 3.63) is 70.7 Å². The predicted octanol–water partition coefficient (Wildman–Crippen LogP) is 3.29. The van der Waals surface area contributed by atoms with Crippen molar-refractivity contribution in [3.8, 4) is 0 Å². The number of carbonyl (C=O) groups excluding carboxylic acids is 2. The number of imide groups is 1. The molecule has 0 radical (unpaired) electrons. The van der Waals surface area contributed by atoms with Gasteiger partial charge in [0.05, 0.1) is 11.3 Å². The number of aryl methyl sites for hydroxylation is 2. The van der Waals surface area contributed by atoms with Crippen molar-refractivity contribution >= 4 is 23.1 Å². The number of halogens is 1. The maximum absolute atomic E-state index is 13.4. The molecular weight excluding hydrogens is 297 g/mol. The monoisotopic (exact) mass is 311 g/mol. The van der Waals surface area contributed by atoms with Crippen LogP contribution in [0.15, 0.2) is 48.2 Å². The van der Waals surface area contributed by atoms with Crippen LogP contribution in [0.1, 0.15) is 16.7 Å². The molecule has 2 aromatic carbocycles. The molecule has 4 nitrogen and oxygen atoms in total. The summed E-state index contributed by atoms with van der Waals surface area (Å²) in [7, 11) is 0. The van der Waals surface area contributed by atoms with Gasteiger partial charge in [-0.1, -0.05) is 24.3 Å². The van der Waals surface area contributed by atoms with Crippen molar-refractivity contribution in [3.63, 3.8) is 0 Å². The van der Waals surface area contributed by atoms with E-state index in [1.165, 1.54) is 18.2 Å². The van der Waals surface area contributed by atoms with Gasteiger partial charge in [-0.15, -0.1) is 0 Å². The van der Waals surface area contributed by atoms with Crippen LogP contribution in [-0.4, -0.2) is 16.9 Å². The molecule has 23 heavy (non-hydrogen) atoms. The van der Waals surface area contributed by atoms with Crippen LogP contribution in [-0.2, 0) is 9.59 Å². The van der Waals surface area contributed by atoms with Crippen LogP contribution in [0.3, 0.4) is 0 Å². The molecule has 0 saturated carbocycles. The molecule has 1 aliphatic heterocycles. The highest BCUT2D eigenvalue weighted by Crippen LogP contribution is 2.32. The Labute approximate surface area is 132 Å². The van der Waals surface area contributed by atoms with Crippen molar-refractivity contribution < 1.29 is 19.1 Å². The Morgan fingerprint density at radius 2 is 1.70 bits per heavy atom. The molecule has 1 aliphatic rings. The predicted molar refractivity (Wildman–Crippen MR) is 84.4 cm³/mol. The lowest BCUT2D eigenvalue weighted by molar-refractivity contribution is -0.121. The lowest BCUT2D eigenvalue weighted by Crippen LogP contribution is -2.31. The van der Waals surface area contributed by atoms with Crippen LogP contribution >= 0.6 is 0 Å². The SMILES string of the molecule is Cc1ccc(C2=C(O)C(=O)N(c3cccc(F)c3)C2=O)cc1C. The molecule has 0 aromatic heterocycles. The molecule has 0 aliphatic carbocycles. The molecule has 0 spiro atoms. The molecule has 1 N–H and O–H groups in total. The van der Waals surface area contributed by atoms with E-state index in [9.17, 15) is 19.1 Å². The summed E-state index contributed by atoms with van der Waals surface area (Å²) in [6.07, 6.45) is 0. The number of rotatable bonds is 2. The number of hydrogen-bond donors (Lipinski definition) is 1. The minimum absolute atomic E-state index is 0.0673. The Bertz CT molecular complexity index is 870. The molecule has 0 atom stereocenters. The smallest absolute Gasteiger partial charge is 0.301 e. The van der Waals surface area contributed by atoms with Crippen LogP contribution in [0, 0.1) is 19.7 Å². The molecule has 0 fully saturated rings. The molecule has 0 unspecified atom stereocenters. The van der Waals surface area contributed by atoms with Crippen molar-refractivity contribution in [2.75, 3.05) is 4.90 Å². The van der Waals surface area contributed by atoms with Crippen molar-refractivity contribution in [2.24, 2.45) is 0 Å². The van der Waals surface area contributed by atoms with Gasteiger partial charge in [-0.2, -0.15) is 0 Å². The van der Waals surface area contributed by atoms with Gasteiger partial charge in [0.1, 0.15) is 5.82 Å².